The molecule has 0 bridgehead atoms. The number of carbonyl (C=O) groups excluding carboxylic acids is 2. The Morgan fingerprint density at radius 3 is 2.38 bits per heavy atom. The van der Waals surface area contributed by atoms with Crippen LogP contribution < -0.4 is 15.6 Å². The number of ether oxygens (including phenoxy) is 1. The highest BCUT2D eigenvalue weighted by Crippen LogP contribution is 2.15. The fourth-order valence-corrected chi connectivity index (χ4v) is 2.30. The minimum Gasteiger partial charge on any atom is -0.484 e. The topological polar surface area (TPSA) is 70.7 Å². The summed E-state index contributed by atoms with van der Waals surface area (Å²) in [6.07, 6.45) is 2.25. The molecule has 1 aliphatic rings. The largest absolute Gasteiger partial charge is 0.484 e. The average Bonchev–Trinajstić information content (AvgIpc) is 2.97. The average molecular weight is 356 g/mol. The van der Waals surface area contributed by atoms with E-state index >= 15 is 0 Å². The minimum atomic E-state index is -0.396. The highest BCUT2D eigenvalue weighted by atomic mass is 79.9. The van der Waals surface area contributed by atoms with Crippen LogP contribution in [0.3, 0.4) is 0 Å². The molecule has 0 unspecified atom stereocenters. The van der Waals surface area contributed by atoms with Crippen molar-refractivity contribution in [2.45, 2.75) is 12.8 Å². The van der Waals surface area contributed by atoms with Crippen LogP contribution >= 0.6 is 15.9 Å². The lowest BCUT2D eigenvalue weighted by molar-refractivity contribution is -0.130. The predicted octanol–water partition coefficient (Wildman–Crippen LogP) is 1.07. The number of hydrogen-bond donors (Lipinski definition) is 2. The molecule has 7 heteroatoms. The van der Waals surface area contributed by atoms with Crippen molar-refractivity contribution in [1.82, 2.24) is 15.8 Å². The molecule has 0 spiro atoms. The minimum absolute atomic E-state index is 0.147. The van der Waals surface area contributed by atoms with Crippen LogP contribution in [-0.4, -0.2) is 43.0 Å². The molecule has 0 saturated carbocycles. The molecule has 21 heavy (non-hydrogen) atoms. The van der Waals surface area contributed by atoms with Crippen molar-refractivity contribution in [3.05, 3.63) is 28.7 Å². The smallest absolute Gasteiger partial charge is 0.276 e. The van der Waals surface area contributed by atoms with Gasteiger partial charge in [-0.05, 0) is 50.2 Å². The maximum Gasteiger partial charge on any atom is 0.276 e. The summed E-state index contributed by atoms with van der Waals surface area (Å²) in [5, 5.41) is 0. The van der Waals surface area contributed by atoms with Crippen molar-refractivity contribution in [1.29, 1.82) is 0 Å². The summed E-state index contributed by atoms with van der Waals surface area (Å²) in [6.45, 7) is 2.04. The fraction of sp³-hybridized carbons (Fsp3) is 0.429. The zero-order valence-corrected chi connectivity index (χ0v) is 13.2. The summed E-state index contributed by atoms with van der Waals surface area (Å²) in [5.41, 5.74) is 4.73. The van der Waals surface area contributed by atoms with Crippen molar-refractivity contribution >= 4 is 27.7 Å². The zero-order valence-electron chi connectivity index (χ0n) is 11.6. The number of hydrogen-bond acceptors (Lipinski definition) is 4. The number of rotatable bonds is 5. The third kappa shape index (κ3) is 5.73. The van der Waals surface area contributed by atoms with E-state index in [1.54, 1.807) is 12.1 Å². The predicted molar refractivity (Wildman–Crippen MR) is 81.6 cm³/mol. The Morgan fingerprint density at radius 1 is 1.10 bits per heavy atom. The lowest BCUT2D eigenvalue weighted by Gasteiger charge is -2.14. The molecule has 2 amide bonds. The SMILES string of the molecule is O=C(COc1ccc(Br)cc1)NNC(=O)CN1CCCC1. The monoisotopic (exact) mass is 355 g/mol. The molecular weight excluding hydrogens is 338 g/mol. The van der Waals surface area contributed by atoms with Crippen LogP contribution in [0.2, 0.25) is 0 Å². The van der Waals surface area contributed by atoms with Crippen molar-refractivity contribution in [2.75, 3.05) is 26.2 Å². The molecule has 0 atom stereocenters. The lowest BCUT2D eigenvalue weighted by Crippen LogP contribution is -2.47. The molecule has 0 radical (unpaired) electrons. The Kier molecular flexibility index (Phi) is 6.01. The molecule has 0 aliphatic carbocycles. The van der Waals surface area contributed by atoms with Gasteiger partial charge in [-0.2, -0.15) is 0 Å². The number of nitrogens with zero attached hydrogens (tertiary/aromatic N) is 1. The first-order chi connectivity index (χ1) is 10.1. The number of amides is 2. The Hall–Kier alpha value is -1.60. The molecule has 0 aromatic heterocycles. The summed E-state index contributed by atoms with van der Waals surface area (Å²) in [4.78, 5) is 25.2. The molecule has 1 aromatic carbocycles. The Labute approximate surface area is 131 Å². The number of halogens is 1. The Balaban J connectivity index is 1.62. The van der Waals surface area contributed by atoms with Crippen LogP contribution in [-0.2, 0) is 9.59 Å². The van der Waals surface area contributed by atoms with E-state index in [2.05, 4.69) is 31.7 Å². The van der Waals surface area contributed by atoms with Crippen LogP contribution in [0.25, 0.3) is 0 Å². The summed E-state index contributed by atoms with van der Waals surface area (Å²) in [5.74, 6) is -0.0154. The summed E-state index contributed by atoms with van der Waals surface area (Å²) < 4.78 is 6.23. The molecule has 1 aromatic rings. The highest BCUT2D eigenvalue weighted by molar-refractivity contribution is 9.10. The van der Waals surface area contributed by atoms with Gasteiger partial charge in [-0.25, -0.2) is 0 Å². The molecule has 6 nitrogen and oxygen atoms in total. The van der Waals surface area contributed by atoms with E-state index < -0.39 is 5.91 Å². The third-order valence-corrected chi connectivity index (χ3v) is 3.62. The number of likely N-dealkylation sites (tertiary alicyclic amines) is 1. The number of hydrazine groups is 1. The standard InChI is InChI=1S/C14H18BrN3O3/c15-11-3-5-12(6-4-11)21-10-14(20)17-16-13(19)9-18-7-1-2-8-18/h3-6H,1-2,7-10H2,(H,16,19)(H,17,20). The van der Waals surface area contributed by atoms with Gasteiger partial charge in [0.1, 0.15) is 5.75 Å². The van der Waals surface area contributed by atoms with Gasteiger partial charge in [-0.15, -0.1) is 0 Å². The number of carbonyl (C=O) groups is 2. The molecule has 2 N–H and O–H groups in total. The van der Waals surface area contributed by atoms with Crippen LogP contribution in [0.1, 0.15) is 12.8 Å². The Morgan fingerprint density at radius 2 is 1.71 bits per heavy atom. The van der Waals surface area contributed by atoms with E-state index in [-0.39, 0.29) is 12.5 Å². The van der Waals surface area contributed by atoms with Gasteiger partial charge in [-0.1, -0.05) is 15.9 Å². The van der Waals surface area contributed by atoms with Crippen molar-refractivity contribution in [2.24, 2.45) is 0 Å². The van der Waals surface area contributed by atoms with Crippen molar-refractivity contribution in [3.8, 4) is 5.75 Å². The second kappa shape index (κ2) is 7.99. The van der Waals surface area contributed by atoms with E-state index in [0.717, 1.165) is 30.4 Å². The van der Waals surface area contributed by atoms with E-state index in [1.165, 1.54) is 0 Å². The van der Waals surface area contributed by atoms with E-state index in [1.807, 2.05) is 12.1 Å². The van der Waals surface area contributed by atoms with Crippen molar-refractivity contribution < 1.29 is 14.3 Å². The fourth-order valence-electron chi connectivity index (χ4n) is 2.04. The second-order valence-corrected chi connectivity index (χ2v) is 5.74. The first-order valence-corrected chi connectivity index (χ1v) is 7.61. The number of nitrogens with one attached hydrogen (secondary N) is 2. The maximum atomic E-state index is 11.6. The van der Waals surface area contributed by atoms with Gasteiger partial charge in [-0.3, -0.25) is 25.3 Å². The normalized spacial score (nSPS) is 14.7. The van der Waals surface area contributed by atoms with Crippen LogP contribution in [0, 0.1) is 0 Å². The number of benzene rings is 1. The molecule has 1 fully saturated rings. The van der Waals surface area contributed by atoms with Gasteiger partial charge in [0.15, 0.2) is 6.61 Å². The van der Waals surface area contributed by atoms with Gasteiger partial charge in [0, 0.05) is 4.47 Å². The van der Waals surface area contributed by atoms with Gasteiger partial charge < -0.3 is 4.74 Å². The van der Waals surface area contributed by atoms with Crippen LogP contribution in [0.5, 0.6) is 5.75 Å². The zero-order chi connectivity index (χ0) is 15.1. The molecule has 1 saturated heterocycles. The summed E-state index contributed by atoms with van der Waals surface area (Å²) in [6, 6.07) is 7.16. The highest BCUT2D eigenvalue weighted by Gasteiger charge is 2.15. The van der Waals surface area contributed by atoms with E-state index in [4.69, 9.17) is 4.74 Å². The van der Waals surface area contributed by atoms with Gasteiger partial charge in [0.25, 0.3) is 11.8 Å². The molecule has 114 valence electrons. The van der Waals surface area contributed by atoms with Gasteiger partial charge in [0.2, 0.25) is 0 Å². The molecule has 1 aliphatic heterocycles. The van der Waals surface area contributed by atoms with E-state index in [9.17, 15) is 9.59 Å². The molecule has 2 rings (SSSR count). The van der Waals surface area contributed by atoms with E-state index in [0.29, 0.717) is 12.3 Å². The molecular formula is C14H18BrN3O3. The third-order valence-electron chi connectivity index (χ3n) is 3.09. The maximum absolute atomic E-state index is 11.6. The van der Waals surface area contributed by atoms with Crippen LogP contribution in [0.15, 0.2) is 28.7 Å². The van der Waals surface area contributed by atoms with Crippen LogP contribution in [0.4, 0.5) is 0 Å². The summed E-state index contributed by atoms with van der Waals surface area (Å²) in [7, 11) is 0. The quantitative estimate of drug-likeness (QED) is 0.775. The first kappa shape index (κ1) is 15.8. The van der Waals surface area contributed by atoms with Gasteiger partial charge >= 0.3 is 0 Å². The Bertz CT molecular complexity index is 487. The lowest BCUT2D eigenvalue weighted by atomic mass is 10.3. The summed E-state index contributed by atoms with van der Waals surface area (Å²) >= 11 is 3.32. The first-order valence-electron chi connectivity index (χ1n) is 6.82. The molecule has 1 heterocycles. The van der Waals surface area contributed by atoms with Gasteiger partial charge in [0.05, 0.1) is 6.54 Å². The van der Waals surface area contributed by atoms with Crippen molar-refractivity contribution in [3.63, 3.8) is 0 Å². The second-order valence-electron chi connectivity index (χ2n) is 4.82.